The summed E-state index contributed by atoms with van der Waals surface area (Å²) in [5.74, 6) is -0.187. The summed E-state index contributed by atoms with van der Waals surface area (Å²) in [6, 6.07) is 4.40. The molecule has 0 bridgehead atoms. The van der Waals surface area contributed by atoms with Crippen LogP contribution in [0.2, 0.25) is 0 Å². The van der Waals surface area contributed by atoms with E-state index in [1.54, 1.807) is 22.7 Å². The Labute approximate surface area is 416 Å². The number of unbranched alkanes of at least 4 members (excludes halogenated alkanes) is 36. The van der Waals surface area contributed by atoms with Crippen LogP contribution in [0.4, 0.5) is 0 Å². The van der Waals surface area contributed by atoms with E-state index in [4.69, 9.17) is 9.47 Å². The summed E-state index contributed by atoms with van der Waals surface area (Å²) in [4.78, 5) is 32.3. The molecule has 4 nitrogen and oxygen atoms in total. The van der Waals surface area contributed by atoms with Crippen LogP contribution in [0.15, 0.2) is 22.9 Å². The average molecular weight is 954 g/mol. The molecule has 0 saturated carbocycles. The van der Waals surface area contributed by atoms with E-state index in [-0.39, 0.29) is 11.9 Å². The van der Waals surface area contributed by atoms with Crippen molar-refractivity contribution in [3.05, 3.63) is 43.8 Å². The molecule has 0 fully saturated rings. The minimum atomic E-state index is -0.879. The van der Waals surface area contributed by atoms with E-state index in [9.17, 15) is 0 Å². The van der Waals surface area contributed by atoms with Crippen LogP contribution >= 0.6 is 22.7 Å². The van der Waals surface area contributed by atoms with Gasteiger partial charge in [-0.1, -0.05) is 272 Å². The summed E-state index contributed by atoms with van der Waals surface area (Å²) in [7, 11) is 0. The normalized spacial score (nSPS) is 16.7. The van der Waals surface area contributed by atoms with Crippen LogP contribution in [0.3, 0.4) is 0 Å². The summed E-state index contributed by atoms with van der Waals surface area (Å²) in [5.41, 5.74) is 0.314. The van der Waals surface area contributed by atoms with E-state index < -0.39 is 10.8 Å². The second-order valence-corrected chi connectivity index (χ2v) is 22.5. The molecule has 0 aliphatic heterocycles. The fourth-order valence-electron chi connectivity index (χ4n) is 10.8. The SMILES string of the molecule is CCCCCCCCCCCCOC(=O)C1(CCCCCCCCCCCC)c2ccsc2C(CCCCCCCCCCCC)(C(=O)OCCCCCCCCCCCC)c2ccsc21. The molecule has 2 unspecified atom stereocenters. The fourth-order valence-corrected chi connectivity index (χ4v) is 13.2. The summed E-state index contributed by atoms with van der Waals surface area (Å²) in [6.45, 7) is 10.1. The van der Waals surface area contributed by atoms with E-state index in [1.165, 1.54) is 205 Å². The number of rotatable bonds is 46. The number of ether oxygens (including phenoxy) is 2. The van der Waals surface area contributed by atoms with Crippen molar-refractivity contribution < 1.29 is 19.1 Å². The van der Waals surface area contributed by atoms with Crippen molar-refractivity contribution in [2.24, 2.45) is 0 Å². The van der Waals surface area contributed by atoms with E-state index in [2.05, 4.69) is 50.6 Å². The van der Waals surface area contributed by atoms with Gasteiger partial charge in [0.25, 0.3) is 0 Å². The molecule has 0 spiro atoms. The highest BCUT2D eigenvalue weighted by atomic mass is 32.1. The van der Waals surface area contributed by atoms with Crippen LogP contribution < -0.4 is 0 Å². The van der Waals surface area contributed by atoms with Crippen molar-refractivity contribution in [3.63, 3.8) is 0 Å². The Balaban J connectivity index is 1.79. The molecular weight excluding hydrogens is 849 g/mol. The van der Waals surface area contributed by atoms with E-state index in [0.717, 1.165) is 85.1 Å². The zero-order valence-corrected chi connectivity index (χ0v) is 45.5. The van der Waals surface area contributed by atoms with Gasteiger partial charge in [0.2, 0.25) is 0 Å². The van der Waals surface area contributed by atoms with Crippen LogP contribution in [0.25, 0.3) is 0 Å². The summed E-state index contributed by atoms with van der Waals surface area (Å²) >= 11 is 3.38. The Morgan fingerprint density at radius 1 is 0.348 bits per heavy atom. The molecule has 6 heteroatoms. The quantitative estimate of drug-likeness (QED) is 0.0490. The van der Waals surface area contributed by atoms with Gasteiger partial charge in [0, 0.05) is 9.75 Å². The number of esters is 2. The molecule has 3 rings (SSSR count). The van der Waals surface area contributed by atoms with Crippen LogP contribution in [-0.2, 0) is 29.9 Å². The summed E-state index contributed by atoms with van der Waals surface area (Å²) < 4.78 is 12.9. The maximum atomic E-state index is 15.1. The Bertz CT molecular complexity index is 1310. The largest absolute Gasteiger partial charge is 0.465 e. The first-order valence-corrected chi connectivity index (χ1v) is 30.8. The van der Waals surface area contributed by atoms with E-state index in [1.807, 2.05) is 0 Å². The third kappa shape index (κ3) is 20.7. The Hall–Kier alpha value is -1.66. The zero-order valence-electron chi connectivity index (χ0n) is 43.9. The maximum absolute atomic E-state index is 15.1. The molecule has 0 saturated heterocycles. The molecule has 2 heterocycles. The number of carbonyl (C=O) groups excluding carboxylic acids is 2. The Morgan fingerprint density at radius 3 is 0.833 bits per heavy atom. The number of fused-ring (bicyclic) bond motifs is 2. The van der Waals surface area contributed by atoms with E-state index in [0.29, 0.717) is 13.2 Å². The van der Waals surface area contributed by atoms with Gasteiger partial charge in [-0.2, -0.15) is 0 Å². The van der Waals surface area contributed by atoms with E-state index >= 15 is 9.59 Å². The van der Waals surface area contributed by atoms with Gasteiger partial charge in [0.1, 0.15) is 10.8 Å². The molecular formula is C60H104O4S2. The van der Waals surface area contributed by atoms with Gasteiger partial charge in [-0.25, -0.2) is 0 Å². The zero-order chi connectivity index (χ0) is 47.2. The minimum absolute atomic E-state index is 0.0936. The lowest BCUT2D eigenvalue weighted by Crippen LogP contribution is -2.50. The lowest BCUT2D eigenvalue weighted by atomic mass is 9.60. The Kier molecular flexibility index (Phi) is 33.9. The number of hydrogen-bond donors (Lipinski definition) is 0. The van der Waals surface area contributed by atoms with Gasteiger partial charge >= 0.3 is 11.9 Å². The van der Waals surface area contributed by atoms with Gasteiger partial charge in [0.15, 0.2) is 0 Å². The maximum Gasteiger partial charge on any atom is 0.321 e. The molecule has 0 amide bonds. The smallest absolute Gasteiger partial charge is 0.321 e. The number of hydrogen-bond acceptors (Lipinski definition) is 6. The fraction of sp³-hybridized carbons (Fsp3) is 0.833. The highest BCUT2D eigenvalue weighted by Crippen LogP contribution is 2.58. The molecule has 2 aromatic rings. The third-order valence-electron chi connectivity index (χ3n) is 15.0. The van der Waals surface area contributed by atoms with Crippen LogP contribution in [0.5, 0.6) is 0 Å². The van der Waals surface area contributed by atoms with Crippen molar-refractivity contribution in [3.8, 4) is 0 Å². The average Bonchev–Trinajstić information content (AvgIpc) is 4.04. The highest BCUT2D eigenvalue weighted by Gasteiger charge is 2.59. The van der Waals surface area contributed by atoms with Crippen molar-refractivity contribution in [2.75, 3.05) is 13.2 Å². The lowest BCUT2D eigenvalue weighted by Gasteiger charge is -2.43. The second-order valence-electron chi connectivity index (χ2n) is 20.6. The second kappa shape index (κ2) is 38.1. The molecule has 1 aliphatic rings. The van der Waals surface area contributed by atoms with Crippen LogP contribution in [0, 0.1) is 0 Å². The van der Waals surface area contributed by atoms with Crippen molar-refractivity contribution >= 4 is 34.6 Å². The summed E-state index contributed by atoms with van der Waals surface area (Å²) in [5, 5.41) is 4.32. The van der Waals surface area contributed by atoms with Gasteiger partial charge in [0.05, 0.1) is 13.2 Å². The minimum Gasteiger partial charge on any atom is -0.465 e. The highest BCUT2D eigenvalue weighted by molar-refractivity contribution is 7.11. The predicted molar refractivity (Wildman–Crippen MR) is 289 cm³/mol. The third-order valence-corrected chi connectivity index (χ3v) is 17.1. The first-order chi connectivity index (χ1) is 32.5. The van der Waals surface area contributed by atoms with Crippen molar-refractivity contribution in [2.45, 2.75) is 308 Å². The van der Waals surface area contributed by atoms with Crippen LogP contribution in [0.1, 0.15) is 318 Å². The Morgan fingerprint density at radius 2 is 0.576 bits per heavy atom. The molecule has 0 N–H and O–H groups in total. The molecule has 2 aromatic heterocycles. The predicted octanol–water partition coefficient (Wildman–Crippen LogP) is 20.2. The number of thiophene rings is 2. The monoisotopic (exact) mass is 953 g/mol. The standard InChI is InChI=1S/C60H104O4S2/c1-5-9-13-17-21-25-29-33-37-41-47-59(57(61)63-49-43-39-35-31-27-23-19-15-11-7-3)53-45-51-66-56(53)60(54-46-52-65-55(54)59,48-42-38-34-30-26-22-18-14-10-6-2)58(62)64-50-44-40-36-32-28-24-20-16-12-8-4/h45-46,51-52H,5-44,47-50H2,1-4H3. The molecule has 0 radical (unpaired) electrons. The number of carbonyl (C=O) groups is 2. The van der Waals surface area contributed by atoms with Gasteiger partial charge in [-0.3, -0.25) is 9.59 Å². The van der Waals surface area contributed by atoms with Crippen molar-refractivity contribution in [1.29, 1.82) is 0 Å². The van der Waals surface area contributed by atoms with Gasteiger partial charge in [-0.15, -0.1) is 22.7 Å². The molecule has 0 aromatic carbocycles. The first kappa shape index (κ1) is 58.7. The topological polar surface area (TPSA) is 52.6 Å². The molecule has 380 valence electrons. The van der Waals surface area contributed by atoms with Crippen molar-refractivity contribution in [1.82, 2.24) is 0 Å². The summed E-state index contributed by atoms with van der Waals surface area (Å²) in [6.07, 6.45) is 51.7. The molecule has 2 atom stereocenters. The first-order valence-electron chi connectivity index (χ1n) is 29.1. The van der Waals surface area contributed by atoms with Crippen LogP contribution in [-0.4, -0.2) is 25.2 Å². The van der Waals surface area contributed by atoms with Gasteiger partial charge in [-0.05, 0) is 59.7 Å². The lowest BCUT2D eigenvalue weighted by molar-refractivity contribution is -0.152. The van der Waals surface area contributed by atoms with Gasteiger partial charge < -0.3 is 9.47 Å². The molecule has 1 aliphatic carbocycles. The molecule has 66 heavy (non-hydrogen) atoms.